The van der Waals surface area contributed by atoms with Crippen LogP contribution in [-0.2, 0) is 0 Å². The number of hydrogen-bond acceptors (Lipinski definition) is 4. The number of hydrogen-bond donors (Lipinski definition) is 1. The zero-order chi connectivity index (χ0) is 16.7. The van der Waals surface area contributed by atoms with Crippen molar-refractivity contribution < 1.29 is 4.74 Å². The molecule has 1 aromatic carbocycles. The van der Waals surface area contributed by atoms with Crippen LogP contribution in [0.5, 0.6) is 5.75 Å². The quantitative estimate of drug-likeness (QED) is 0.717. The Morgan fingerprint density at radius 1 is 1.29 bits per heavy atom. The summed E-state index contributed by atoms with van der Waals surface area (Å²) in [6.45, 7) is 9.81. The van der Waals surface area contributed by atoms with Crippen LogP contribution in [-0.4, -0.2) is 42.7 Å². The number of anilines is 1. The second kappa shape index (κ2) is 10.4. The molecule has 1 heterocycles. The highest BCUT2D eigenvalue weighted by Crippen LogP contribution is 2.27. The number of methoxy groups -OCH3 is 1. The van der Waals surface area contributed by atoms with Gasteiger partial charge in [0.15, 0.2) is 0 Å². The highest BCUT2D eigenvalue weighted by molar-refractivity contribution is 5.91. The lowest BCUT2D eigenvalue weighted by atomic mass is 10.1. The Bertz CT molecular complexity index is 621. The van der Waals surface area contributed by atoms with Gasteiger partial charge in [-0.3, -0.25) is 9.88 Å². The maximum absolute atomic E-state index is 5.40. The van der Waals surface area contributed by atoms with E-state index in [0.717, 1.165) is 42.0 Å². The van der Waals surface area contributed by atoms with Crippen LogP contribution in [0, 0.1) is 0 Å². The molecule has 0 aliphatic carbocycles. The number of likely N-dealkylation sites (N-methyl/N-ethyl adjacent to an activating group) is 1. The van der Waals surface area contributed by atoms with Crippen LogP contribution in [0.4, 0.5) is 5.69 Å². The number of aromatic nitrogens is 1. The first kappa shape index (κ1) is 20.5. The molecule has 1 unspecified atom stereocenters. The van der Waals surface area contributed by atoms with E-state index in [1.807, 2.05) is 24.4 Å². The van der Waals surface area contributed by atoms with E-state index in [0.29, 0.717) is 6.04 Å². The third kappa shape index (κ3) is 5.25. The average molecular weight is 352 g/mol. The summed E-state index contributed by atoms with van der Waals surface area (Å²) in [5.41, 5.74) is 2.04. The number of benzene rings is 1. The second-order valence-electron chi connectivity index (χ2n) is 5.94. The molecule has 0 saturated heterocycles. The van der Waals surface area contributed by atoms with Crippen molar-refractivity contribution in [1.82, 2.24) is 9.88 Å². The van der Waals surface area contributed by atoms with E-state index in [2.05, 4.69) is 42.0 Å². The first-order valence-electron chi connectivity index (χ1n) is 8.60. The molecule has 0 amide bonds. The lowest BCUT2D eigenvalue weighted by molar-refractivity contribution is 0.217. The number of pyridine rings is 1. The van der Waals surface area contributed by atoms with E-state index in [1.165, 1.54) is 12.8 Å². The van der Waals surface area contributed by atoms with Gasteiger partial charge in [-0.2, -0.15) is 0 Å². The van der Waals surface area contributed by atoms with Gasteiger partial charge in [-0.05, 0) is 32.0 Å². The van der Waals surface area contributed by atoms with Crippen LogP contribution >= 0.6 is 12.4 Å². The molecule has 0 saturated carbocycles. The summed E-state index contributed by atoms with van der Waals surface area (Å²) >= 11 is 0. The van der Waals surface area contributed by atoms with Gasteiger partial charge in [-0.1, -0.05) is 26.3 Å². The van der Waals surface area contributed by atoms with E-state index in [9.17, 15) is 0 Å². The van der Waals surface area contributed by atoms with E-state index < -0.39 is 0 Å². The van der Waals surface area contributed by atoms with Gasteiger partial charge < -0.3 is 10.1 Å². The van der Waals surface area contributed by atoms with E-state index in [1.54, 1.807) is 7.11 Å². The second-order valence-corrected chi connectivity index (χ2v) is 5.94. The number of nitrogens with zero attached hydrogens (tertiary/aromatic N) is 2. The minimum atomic E-state index is 0. The third-order valence-corrected chi connectivity index (χ3v) is 4.36. The van der Waals surface area contributed by atoms with Gasteiger partial charge in [0.25, 0.3) is 0 Å². The monoisotopic (exact) mass is 351 g/mol. The molecule has 5 heteroatoms. The fraction of sp³-hybridized carbons (Fsp3) is 0.526. The first-order chi connectivity index (χ1) is 11.2. The van der Waals surface area contributed by atoms with Crippen molar-refractivity contribution in [3.63, 3.8) is 0 Å². The molecular weight excluding hydrogens is 322 g/mol. The van der Waals surface area contributed by atoms with Crippen LogP contribution in [0.2, 0.25) is 0 Å². The smallest absolute Gasteiger partial charge is 0.121 e. The Kier molecular flexibility index (Phi) is 8.87. The van der Waals surface area contributed by atoms with Gasteiger partial charge in [0.05, 0.1) is 18.3 Å². The fourth-order valence-corrected chi connectivity index (χ4v) is 3.04. The van der Waals surface area contributed by atoms with Crippen LogP contribution < -0.4 is 10.1 Å². The number of fused-ring (bicyclic) bond motifs is 1. The van der Waals surface area contributed by atoms with Crippen LogP contribution in [0.25, 0.3) is 10.9 Å². The average Bonchev–Trinajstić information content (AvgIpc) is 2.58. The van der Waals surface area contributed by atoms with Gasteiger partial charge >= 0.3 is 0 Å². The summed E-state index contributed by atoms with van der Waals surface area (Å²) in [7, 11) is 1.70. The van der Waals surface area contributed by atoms with E-state index >= 15 is 0 Å². The predicted molar refractivity (Wildman–Crippen MR) is 106 cm³/mol. The molecule has 4 nitrogen and oxygen atoms in total. The van der Waals surface area contributed by atoms with Gasteiger partial charge in [0, 0.05) is 36.8 Å². The zero-order valence-electron chi connectivity index (χ0n) is 15.2. The fourth-order valence-electron chi connectivity index (χ4n) is 3.04. The number of halogens is 1. The lowest BCUT2D eigenvalue weighted by Crippen LogP contribution is -2.36. The number of ether oxygens (including phenoxy) is 1. The van der Waals surface area contributed by atoms with Gasteiger partial charge in [-0.25, -0.2) is 0 Å². The minimum Gasteiger partial charge on any atom is -0.497 e. The molecule has 0 spiro atoms. The lowest BCUT2D eigenvalue weighted by Gasteiger charge is -2.27. The maximum atomic E-state index is 5.40. The normalized spacial score (nSPS) is 12.0. The molecule has 1 atom stereocenters. The summed E-state index contributed by atoms with van der Waals surface area (Å²) in [6.07, 6.45) is 4.31. The zero-order valence-corrected chi connectivity index (χ0v) is 16.0. The summed E-state index contributed by atoms with van der Waals surface area (Å²) in [5, 5.41) is 4.64. The van der Waals surface area contributed by atoms with Crippen LogP contribution in [0.15, 0.2) is 30.5 Å². The van der Waals surface area contributed by atoms with Gasteiger partial charge in [0.1, 0.15) is 5.75 Å². The SMILES string of the molecule is CCCC(C)N(CC)CCNc1cc(OC)cc2cccnc12.Cl. The molecule has 1 N–H and O–H groups in total. The van der Waals surface area contributed by atoms with Crippen molar-refractivity contribution >= 4 is 29.0 Å². The molecule has 0 bridgehead atoms. The summed E-state index contributed by atoms with van der Waals surface area (Å²) in [5.74, 6) is 0.861. The summed E-state index contributed by atoms with van der Waals surface area (Å²) < 4.78 is 5.40. The highest BCUT2D eigenvalue weighted by Gasteiger charge is 2.11. The third-order valence-electron chi connectivity index (χ3n) is 4.36. The van der Waals surface area contributed by atoms with Crippen LogP contribution in [0.1, 0.15) is 33.6 Å². The Morgan fingerprint density at radius 3 is 2.75 bits per heavy atom. The maximum Gasteiger partial charge on any atom is 0.121 e. The Hall–Kier alpha value is -1.52. The standard InChI is InChI=1S/C19H29N3O.ClH/c1-5-8-15(3)22(6-2)12-11-20-18-14-17(23-4)13-16-9-7-10-21-19(16)18;/h7,9-10,13-15,20H,5-6,8,11-12H2,1-4H3;1H. The Morgan fingerprint density at radius 2 is 2.08 bits per heavy atom. The molecule has 1 aromatic heterocycles. The van der Waals surface area contributed by atoms with Crippen molar-refractivity contribution in [1.29, 1.82) is 0 Å². The van der Waals surface area contributed by atoms with Gasteiger partial charge in [-0.15, -0.1) is 12.4 Å². The predicted octanol–water partition coefficient (Wildman–Crippen LogP) is 4.59. The molecular formula is C19H30ClN3O. The van der Waals surface area contributed by atoms with Crippen molar-refractivity contribution in [3.8, 4) is 5.75 Å². The van der Waals surface area contributed by atoms with Crippen molar-refractivity contribution in [3.05, 3.63) is 30.5 Å². The summed E-state index contributed by atoms with van der Waals surface area (Å²) in [4.78, 5) is 7.03. The van der Waals surface area contributed by atoms with E-state index in [4.69, 9.17) is 4.74 Å². The molecule has 0 aliphatic rings. The Balaban J connectivity index is 0.00000288. The topological polar surface area (TPSA) is 37.4 Å². The molecule has 0 aliphatic heterocycles. The van der Waals surface area contributed by atoms with E-state index in [-0.39, 0.29) is 12.4 Å². The largest absolute Gasteiger partial charge is 0.497 e. The minimum absolute atomic E-state index is 0. The first-order valence-corrected chi connectivity index (χ1v) is 8.60. The molecule has 0 radical (unpaired) electrons. The molecule has 2 aromatic rings. The molecule has 134 valence electrons. The molecule has 2 rings (SSSR count). The van der Waals surface area contributed by atoms with Crippen molar-refractivity contribution in [2.45, 2.75) is 39.7 Å². The van der Waals surface area contributed by atoms with Crippen molar-refractivity contribution in [2.24, 2.45) is 0 Å². The number of nitrogens with one attached hydrogen (secondary N) is 1. The highest BCUT2D eigenvalue weighted by atomic mass is 35.5. The van der Waals surface area contributed by atoms with Crippen molar-refractivity contribution in [2.75, 3.05) is 32.1 Å². The van der Waals surface area contributed by atoms with Gasteiger partial charge in [0.2, 0.25) is 0 Å². The van der Waals surface area contributed by atoms with Crippen LogP contribution in [0.3, 0.4) is 0 Å². The molecule has 0 fully saturated rings. The Labute approximate surface area is 152 Å². The number of rotatable bonds is 9. The molecule has 24 heavy (non-hydrogen) atoms. The summed E-state index contributed by atoms with van der Waals surface area (Å²) in [6, 6.07) is 8.71.